The Morgan fingerprint density at radius 1 is 1.17 bits per heavy atom. The predicted octanol–water partition coefficient (Wildman–Crippen LogP) is 4.02. The van der Waals surface area contributed by atoms with E-state index in [-0.39, 0.29) is 18.0 Å². The van der Waals surface area contributed by atoms with E-state index in [1.165, 1.54) is 16.0 Å². The lowest BCUT2D eigenvalue weighted by Crippen LogP contribution is -2.33. The van der Waals surface area contributed by atoms with Crippen molar-refractivity contribution in [1.82, 2.24) is 19.6 Å². The lowest BCUT2D eigenvalue weighted by molar-refractivity contribution is -0.117. The molecule has 1 aromatic carbocycles. The van der Waals surface area contributed by atoms with Gasteiger partial charge >= 0.3 is 0 Å². The number of hydrogen-bond donors (Lipinski definition) is 1. The van der Waals surface area contributed by atoms with Gasteiger partial charge in [-0.2, -0.15) is 10.2 Å². The van der Waals surface area contributed by atoms with Crippen LogP contribution in [0.2, 0.25) is 0 Å². The average molecular weight is 422 g/mol. The van der Waals surface area contributed by atoms with Gasteiger partial charge in [-0.1, -0.05) is 24.3 Å². The van der Waals surface area contributed by atoms with Crippen molar-refractivity contribution in [2.75, 3.05) is 5.32 Å². The van der Waals surface area contributed by atoms with E-state index in [2.05, 4.69) is 15.5 Å². The Morgan fingerprint density at radius 3 is 2.60 bits per heavy atom. The zero-order valence-electron chi connectivity index (χ0n) is 17.3. The van der Waals surface area contributed by atoms with Crippen molar-refractivity contribution < 1.29 is 4.79 Å². The molecule has 7 nitrogen and oxygen atoms in total. The van der Waals surface area contributed by atoms with Crippen LogP contribution in [0.25, 0.3) is 21.5 Å². The minimum Gasteiger partial charge on any atom is -0.324 e. The number of anilines is 1. The van der Waals surface area contributed by atoms with Crippen molar-refractivity contribution in [1.29, 1.82) is 0 Å². The van der Waals surface area contributed by atoms with Crippen molar-refractivity contribution in [3.05, 3.63) is 63.9 Å². The molecular weight excluding hydrogens is 398 g/mol. The van der Waals surface area contributed by atoms with Gasteiger partial charge in [0.1, 0.15) is 17.8 Å². The van der Waals surface area contributed by atoms with Gasteiger partial charge in [-0.3, -0.25) is 14.3 Å². The molecule has 4 aromatic rings. The van der Waals surface area contributed by atoms with Crippen molar-refractivity contribution in [3.8, 4) is 10.6 Å². The zero-order valence-corrected chi connectivity index (χ0v) is 18.2. The van der Waals surface area contributed by atoms with Crippen LogP contribution in [0.3, 0.4) is 0 Å². The van der Waals surface area contributed by atoms with Crippen molar-refractivity contribution in [3.63, 3.8) is 0 Å². The molecule has 0 atom stereocenters. The van der Waals surface area contributed by atoms with E-state index in [1.807, 2.05) is 69.5 Å². The molecule has 0 aliphatic rings. The van der Waals surface area contributed by atoms with Crippen molar-refractivity contribution in [2.24, 2.45) is 0 Å². The lowest BCUT2D eigenvalue weighted by atomic mass is 10.1. The van der Waals surface area contributed by atoms with Crippen molar-refractivity contribution in [2.45, 2.75) is 39.8 Å². The van der Waals surface area contributed by atoms with E-state index in [0.717, 1.165) is 16.1 Å². The smallest absolute Gasteiger partial charge is 0.293 e. The highest BCUT2D eigenvalue weighted by molar-refractivity contribution is 7.13. The minimum absolute atomic E-state index is 0.184. The third kappa shape index (κ3) is 3.66. The molecule has 4 rings (SSSR count). The highest BCUT2D eigenvalue weighted by atomic mass is 32.1. The van der Waals surface area contributed by atoms with Gasteiger partial charge in [0.15, 0.2) is 0 Å². The maximum atomic E-state index is 13.3. The van der Waals surface area contributed by atoms with Gasteiger partial charge in [0.25, 0.3) is 5.56 Å². The van der Waals surface area contributed by atoms with Crippen LogP contribution < -0.4 is 10.9 Å². The second-order valence-corrected chi connectivity index (χ2v) is 9.09. The molecule has 154 valence electrons. The number of fused-ring (bicyclic) bond motifs is 1. The summed E-state index contributed by atoms with van der Waals surface area (Å²) in [5, 5.41) is 14.5. The number of rotatable bonds is 4. The van der Waals surface area contributed by atoms with E-state index < -0.39 is 5.54 Å². The number of nitrogens with one attached hydrogen (secondary N) is 1. The summed E-state index contributed by atoms with van der Waals surface area (Å²) in [5.41, 5.74) is 2.04. The third-order valence-electron chi connectivity index (χ3n) is 4.78. The van der Waals surface area contributed by atoms with Gasteiger partial charge in [0, 0.05) is 5.69 Å². The summed E-state index contributed by atoms with van der Waals surface area (Å²) in [5.74, 6) is -0.308. The first-order valence-electron chi connectivity index (χ1n) is 9.64. The van der Waals surface area contributed by atoms with Crippen LogP contribution >= 0.6 is 11.3 Å². The first kappa shape index (κ1) is 20.0. The Labute approximate surface area is 178 Å². The second kappa shape index (κ2) is 7.53. The molecule has 0 aliphatic carbocycles. The Hall–Kier alpha value is -3.26. The standard InChI is InChI=1S/C22H23N5O2S/c1-14-8-5-6-9-16(14)24-18(28)13-26-21(29)20-15(12-23-27(20)22(2,3)4)19(25-26)17-10-7-11-30-17/h5-12H,13H2,1-4H3,(H,24,28). The van der Waals surface area contributed by atoms with Crippen LogP contribution in [0.5, 0.6) is 0 Å². The number of carbonyl (C=O) groups excluding carboxylic acids is 1. The number of nitrogens with zero attached hydrogens (tertiary/aromatic N) is 4. The monoisotopic (exact) mass is 421 g/mol. The van der Waals surface area contributed by atoms with E-state index in [1.54, 1.807) is 10.9 Å². The van der Waals surface area contributed by atoms with Gasteiger partial charge in [-0.25, -0.2) is 4.68 Å². The number of thiophene rings is 1. The Morgan fingerprint density at radius 2 is 1.93 bits per heavy atom. The van der Waals surface area contributed by atoms with Crippen molar-refractivity contribution >= 4 is 33.8 Å². The fourth-order valence-corrected chi connectivity index (χ4v) is 4.04. The predicted molar refractivity (Wildman–Crippen MR) is 120 cm³/mol. The zero-order chi connectivity index (χ0) is 21.5. The summed E-state index contributed by atoms with van der Waals surface area (Å²) >= 11 is 1.53. The molecule has 1 amide bonds. The summed E-state index contributed by atoms with van der Waals surface area (Å²) in [6, 6.07) is 11.4. The average Bonchev–Trinajstić information content (AvgIpc) is 3.35. The normalized spacial score (nSPS) is 11.7. The molecule has 0 saturated carbocycles. The third-order valence-corrected chi connectivity index (χ3v) is 5.66. The van der Waals surface area contributed by atoms with E-state index >= 15 is 0 Å². The summed E-state index contributed by atoms with van der Waals surface area (Å²) in [4.78, 5) is 26.9. The van der Waals surface area contributed by atoms with E-state index in [4.69, 9.17) is 0 Å². The molecule has 0 fully saturated rings. The number of benzene rings is 1. The molecule has 0 aliphatic heterocycles. The number of carbonyl (C=O) groups is 1. The molecule has 0 spiro atoms. The minimum atomic E-state index is -0.393. The van der Waals surface area contributed by atoms with Gasteiger partial charge in [-0.15, -0.1) is 11.3 Å². The number of aromatic nitrogens is 4. The van der Waals surface area contributed by atoms with Crippen LogP contribution in [0.1, 0.15) is 26.3 Å². The largest absolute Gasteiger partial charge is 0.324 e. The molecule has 0 unspecified atom stereocenters. The van der Waals surface area contributed by atoms with E-state index in [0.29, 0.717) is 16.6 Å². The van der Waals surface area contributed by atoms with Crippen LogP contribution in [-0.2, 0) is 16.9 Å². The molecule has 0 bridgehead atoms. The van der Waals surface area contributed by atoms with Gasteiger partial charge in [-0.05, 0) is 50.8 Å². The number of aryl methyl sites for hydroxylation is 1. The molecule has 30 heavy (non-hydrogen) atoms. The number of amides is 1. The van der Waals surface area contributed by atoms with E-state index in [9.17, 15) is 9.59 Å². The molecular formula is C22H23N5O2S. The van der Waals surface area contributed by atoms with Crippen LogP contribution in [0, 0.1) is 6.92 Å². The summed E-state index contributed by atoms with van der Waals surface area (Å²) < 4.78 is 2.94. The summed E-state index contributed by atoms with van der Waals surface area (Å²) in [6.07, 6.45) is 1.68. The molecule has 1 N–H and O–H groups in total. The SMILES string of the molecule is Cc1ccccc1NC(=O)Cn1nc(-c2cccs2)c2cnn(C(C)(C)C)c2c1=O. The maximum Gasteiger partial charge on any atom is 0.293 e. The highest BCUT2D eigenvalue weighted by Crippen LogP contribution is 2.30. The van der Waals surface area contributed by atoms with Gasteiger partial charge in [0.05, 0.1) is 22.0 Å². The quantitative estimate of drug-likeness (QED) is 0.539. The topological polar surface area (TPSA) is 81.8 Å². The molecule has 3 aromatic heterocycles. The van der Waals surface area contributed by atoms with Crippen LogP contribution in [-0.4, -0.2) is 25.5 Å². The number of para-hydroxylation sites is 1. The second-order valence-electron chi connectivity index (χ2n) is 8.14. The fraction of sp³-hybridized carbons (Fsp3) is 0.273. The first-order valence-corrected chi connectivity index (χ1v) is 10.5. The van der Waals surface area contributed by atoms with Gasteiger partial charge < -0.3 is 5.32 Å². The lowest BCUT2D eigenvalue weighted by Gasteiger charge is -2.20. The Bertz CT molecular complexity index is 1280. The van der Waals surface area contributed by atoms with Crippen LogP contribution in [0.4, 0.5) is 5.69 Å². The van der Waals surface area contributed by atoms with Gasteiger partial charge in [0.2, 0.25) is 5.91 Å². The maximum absolute atomic E-state index is 13.3. The molecule has 0 saturated heterocycles. The molecule has 8 heteroatoms. The van der Waals surface area contributed by atoms with Crippen LogP contribution in [0.15, 0.2) is 52.8 Å². The summed E-state index contributed by atoms with van der Waals surface area (Å²) in [6.45, 7) is 7.69. The fourth-order valence-electron chi connectivity index (χ4n) is 3.32. The Kier molecular flexibility index (Phi) is 5.03. The number of hydrogen-bond acceptors (Lipinski definition) is 5. The summed E-state index contributed by atoms with van der Waals surface area (Å²) in [7, 11) is 0. The first-order chi connectivity index (χ1) is 14.3. The Balaban J connectivity index is 1.81. The molecule has 3 heterocycles. The molecule has 0 radical (unpaired) electrons. The highest BCUT2D eigenvalue weighted by Gasteiger charge is 2.24.